The molecule has 4 nitrogen and oxygen atoms in total. The van der Waals surface area contributed by atoms with E-state index in [4.69, 9.17) is 0 Å². The SMILES string of the molecule is CCNC(=O)[C@@H]1C[C@H](NCc2ccccc2C(F)(F)F)CN1C(C)C. The van der Waals surface area contributed by atoms with Crippen molar-refractivity contribution in [3.8, 4) is 0 Å². The van der Waals surface area contributed by atoms with Gasteiger partial charge < -0.3 is 10.6 Å². The highest BCUT2D eigenvalue weighted by Crippen LogP contribution is 2.32. The van der Waals surface area contributed by atoms with E-state index in [0.717, 1.165) is 6.07 Å². The molecule has 0 spiro atoms. The number of rotatable bonds is 6. The van der Waals surface area contributed by atoms with Crippen LogP contribution in [0.15, 0.2) is 24.3 Å². The third-order valence-corrected chi connectivity index (χ3v) is 4.56. The first-order chi connectivity index (χ1) is 11.7. The lowest BCUT2D eigenvalue weighted by molar-refractivity contribution is -0.138. The van der Waals surface area contributed by atoms with Gasteiger partial charge in [-0.1, -0.05) is 18.2 Å². The molecule has 2 atom stereocenters. The van der Waals surface area contributed by atoms with Crippen LogP contribution < -0.4 is 10.6 Å². The maximum Gasteiger partial charge on any atom is 0.416 e. The lowest BCUT2D eigenvalue weighted by atomic mass is 10.1. The third-order valence-electron chi connectivity index (χ3n) is 4.56. The molecule has 140 valence electrons. The minimum Gasteiger partial charge on any atom is -0.355 e. The van der Waals surface area contributed by atoms with Gasteiger partial charge in [-0.3, -0.25) is 9.69 Å². The van der Waals surface area contributed by atoms with Crippen LogP contribution in [0.4, 0.5) is 13.2 Å². The van der Waals surface area contributed by atoms with Crippen LogP contribution in [0, 0.1) is 0 Å². The van der Waals surface area contributed by atoms with Crippen molar-refractivity contribution in [3.63, 3.8) is 0 Å². The van der Waals surface area contributed by atoms with Gasteiger partial charge in [0.15, 0.2) is 0 Å². The number of carbonyl (C=O) groups is 1. The molecule has 1 aliphatic heterocycles. The Morgan fingerprint density at radius 2 is 2.00 bits per heavy atom. The number of amides is 1. The number of likely N-dealkylation sites (N-methyl/N-ethyl adjacent to an activating group) is 1. The summed E-state index contributed by atoms with van der Waals surface area (Å²) in [5, 5.41) is 6.04. The summed E-state index contributed by atoms with van der Waals surface area (Å²) in [5.74, 6) is -0.0174. The molecule has 0 bridgehead atoms. The van der Waals surface area contributed by atoms with Crippen molar-refractivity contribution >= 4 is 5.91 Å². The number of likely N-dealkylation sites (tertiary alicyclic amines) is 1. The predicted molar refractivity (Wildman–Crippen MR) is 91.0 cm³/mol. The number of alkyl halides is 3. The average molecular weight is 357 g/mol. The first-order valence-corrected chi connectivity index (χ1v) is 8.66. The van der Waals surface area contributed by atoms with Crippen LogP contribution in [-0.2, 0) is 17.5 Å². The van der Waals surface area contributed by atoms with Gasteiger partial charge in [0.05, 0.1) is 11.6 Å². The number of benzene rings is 1. The molecule has 0 unspecified atom stereocenters. The van der Waals surface area contributed by atoms with Gasteiger partial charge in [0.25, 0.3) is 0 Å². The quantitative estimate of drug-likeness (QED) is 0.823. The maximum atomic E-state index is 13.1. The molecule has 7 heteroatoms. The highest BCUT2D eigenvalue weighted by Gasteiger charge is 2.38. The van der Waals surface area contributed by atoms with Gasteiger partial charge in [-0.25, -0.2) is 0 Å². The topological polar surface area (TPSA) is 44.4 Å². The highest BCUT2D eigenvalue weighted by atomic mass is 19.4. The van der Waals surface area contributed by atoms with E-state index < -0.39 is 11.7 Å². The molecule has 0 radical (unpaired) electrons. The van der Waals surface area contributed by atoms with E-state index in [0.29, 0.717) is 19.5 Å². The summed E-state index contributed by atoms with van der Waals surface area (Å²) < 4.78 is 39.2. The molecule has 0 aliphatic carbocycles. The molecule has 0 saturated carbocycles. The minimum absolute atomic E-state index is 0.0173. The van der Waals surface area contributed by atoms with Crippen molar-refractivity contribution in [2.45, 2.75) is 58.0 Å². The van der Waals surface area contributed by atoms with E-state index in [-0.39, 0.29) is 36.1 Å². The second-order valence-corrected chi connectivity index (χ2v) is 6.67. The monoisotopic (exact) mass is 357 g/mol. The Kier molecular flexibility index (Phi) is 6.46. The zero-order valence-corrected chi connectivity index (χ0v) is 14.9. The fraction of sp³-hybridized carbons (Fsp3) is 0.611. The lowest BCUT2D eigenvalue weighted by Crippen LogP contribution is -2.46. The Balaban J connectivity index is 2.04. The Labute approximate surface area is 146 Å². The molecule has 1 aliphatic rings. The predicted octanol–water partition coefficient (Wildman–Crippen LogP) is 2.78. The van der Waals surface area contributed by atoms with Crippen molar-refractivity contribution in [1.82, 2.24) is 15.5 Å². The highest BCUT2D eigenvalue weighted by molar-refractivity contribution is 5.82. The fourth-order valence-electron chi connectivity index (χ4n) is 3.33. The zero-order chi connectivity index (χ0) is 18.6. The molecule has 1 fully saturated rings. The van der Waals surface area contributed by atoms with E-state index in [1.165, 1.54) is 12.1 Å². The first-order valence-electron chi connectivity index (χ1n) is 8.66. The summed E-state index contributed by atoms with van der Waals surface area (Å²) in [5.41, 5.74) is -0.381. The van der Waals surface area contributed by atoms with Crippen LogP contribution in [0.25, 0.3) is 0 Å². The molecule has 0 aromatic heterocycles. The van der Waals surface area contributed by atoms with E-state index in [2.05, 4.69) is 15.5 Å². The molecular formula is C18H26F3N3O. The van der Waals surface area contributed by atoms with Crippen molar-refractivity contribution in [3.05, 3.63) is 35.4 Å². The Hall–Kier alpha value is -1.60. The van der Waals surface area contributed by atoms with Crippen LogP contribution in [0.3, 0.4) is 0 Å². The maximum absolute atomic E-state index is 13.1. The molecule has 1 saturated heterocycles. The fourth-order valence-corrected chi connectivity index (χ4v) is 3.33. The van der Waals surface area contributed by atoms with Gasteiger partial charge in [0.2, 0.25) is 5.91 Å². The summed E-state index contributed by atoms with van der Waals surface area (Å²) in [6.45, 7) is 7.26. The van der Waals surface area contributed by atoms with Crippen LogP contribution in [-0.4, -0.2) is 42.0 Å². The number of hydrogen-bond donors (Lipinski definition) is 2. The van der Waals surface area contributed by atoms with Gasteiger partial charge in [-0.15, -0.1) is 0 Å². The number of carbonyl (C=O) groups excluding carboxylic acids is 1. The van der Waals surface area contributed by atoms with Gasteiger partial charge in [0, 0.05) is 31.7 Å². The van der Waals surface area contributed by atoms with Crippen LogP contribution in [0.1, 0.15) is 38.3 Å². The van der Waals surface area contributed by atoms with Crippen LogP contribution in [0.2, 0.25) is 0 Å². The second kappa shape index (κ2) is 8.19. The lowest BCUT2D eigenvalue weighted by Gasteiger charge is -2.27. The molecule has 1 aromatic rings. The van der Waals surface area contributed by atoms with Crippen LogP contribution >= 0.6 is 0 Å². The number of nitrogens with zero attached hydrogens (tertiary/aromatic N) is 1. The minimum atomic E-state index is -4.36. The van der Waals surface area contributed by atoms with Gasteiger partial charge in [0.1, 0.15) is 0 Å². The zero-order valence-electron chi connectivity index (χ0n) is 14.9. The smallest absolute Gasteiger partial charge is 0.355 e. The van der Waals surface area contributed by atoms with E-state index in [1.807, 2.05) is 20.8 Å². The summed E-state index contributed by atoms with van der Waals surface area (Å²) >= 11 is 0. The number of halogens is 3. The van der Waals surface area contributed by atoms with Crippen molar-refractivity contribution < 1.29 is 18.0 Å². The van der Waals surface area contributed by atoms with Crippen molar-refractivity contribution in [2.75, 3.05) is 13.1 Å². The molecule has 25 heavy (non-hydrogen) atoms. The average Bonchev–Trinajstić information content (AvgIpc) is 2.97. The van der Waals surface area contributed by atoms with E-state index >= 15 is 0 Å². The normalized spacial score (nSPS) is 21.7. The van der Waals surface area contributed by atoms with Gasteiger partial charge in [-0.2, -0.15) is 13.2 Å². The van der Waals surface area contributed by atoms with E-state index in [9.17, 15) is 18.0 Å². The van der Waals surface area contributed by atoms with Crippen molar-refractivity contribution in [2.24, 2.45) is 0 Å². The summed E-state index contributed by atoms with van der Waals surface area (Å²) in [6, 6.07) is 5.54. The first kappa shape index (κ1) is 19.7. The Bertz CT molecular complexity index is 589. The molecule has 1 aromatic carbocycles. The Morgan fingerprint density at radius 3 is 2.60 bits per heavy atom. The van der Waals surface area contributed by atoms with Crippen LogP contribution in [0.5, 0.6) is 0 Å². The third kappa shape index (κ3) is 4.95. The standard InChI is InChI=1S/C18H26F3N3O/c1-4-22-17(25)16-9-14(11-24(16)12(2)3)23-10-13-7-5-6-8-15(13)18(19,20)21/h5-8,12,14,16,23H,4,9-11H2,1-3H3,(H,22,25)/t14-,16-/m0/s1. The van der Waals surface area contributed by atoms with Gasteiger partial charge in [-0.05, 0) is 38.8 Å². The molecular weight excluding hydrogens is 331 g/mol. The number of hydrogen-bond acceptors (Lipinski definition) is 3. The summed E-state index contributed by atoms with van der Waals surface area (Å²) in [7, 11) is 0. The van der Waals surface area contributed by atoms with E-state index in [1.54, 1.807) is 6.07 Å². The van der Waals surface area contributed by atoms with Gasteiger partial charge >= 0.3 is 6.18 Å². The number of nitrogens with one attached hydrogen (secondary N) is 2. The Morgan fingerprint density at radius 1 is 1.32 bits per heavy atom. The molecule has 1 heterocycles. The molecule has 2 N–H and O–H groups in total. The molecule has 1 amide bonds. The summed E-state index contributed by atoms with van der Waals surface area (Å²) in [6.07, 6.45) is -3.76. The summed E-state index contributed by atoms with van der Waals surface area (Å²) in [4.78, 5) is 14.3. The van der Waals surface area contributed by atoms with Crippen molar-refractivity contribution in [1.29, 1.82) is 0 Å². The second-order valence-electron chi connectivity index (χ2n) is 6.67. The molecule has 2 rings (SSSR count). The largest absolute Gasteiger partial charge is 0.416 e.